The van der Waals surface area contributed by atoms with Crippen LogP contribution in [0.2, 0.25) is 0 Å². The van der Waals surface area contributed by atoms with E-state index < -0.39 is 5.91 Å². The van der Waals surface area contributed by atoms with Crippen LogP contribution in [0.3, 0.4) is 0 Å². The van der Waals surface area contributed by atoms with Crippen LogP contribution in [0.5, 0.6) is 5.75 Å². The number of fused-ring (bicyclic) bond motifs is 1. The summed E-state index contributed by atoms with van der Waals surface area (Å²) in [6.07, 6.45) is 3.18. The molecule has 0 aliphatic carbocycles. The predicted octanol–water partition coefficient (Wildman–Crippen LogP) is 3.36. The Kier molecular flexibility index (Phi) is 5.29. The molecule has 5 heteroatoms. The van der Waals surface area contributed by atoms with Crippen LogP contribution in [0.25, 0.3) is 16.8 Å². The highest BCUT2D eigenvalue weighted by Gasteiger charge is 2.03. The Morgan fingerprint density at radius 1 is 0.962 bits per heavy atom. The maximum absolute atomic E-state index is 12.2. The van der Waals surface area contributed by atoms with E-state index in [0.717, 1.165) is 22.0 Å². The van der Waals surface area contributed by atoms with E-state index in [2.05, 4.69) is 5.32 Å². The highest BCUT2D eigenvalue weighted by atomic mass is 16.5. The minimum Gasteiger partial charge on any atom is -0.484 e. The molecule has 0 aliphatic rings. The van der Waals surface area contributed by atoms with E-state index >= 15 is 0 Å². The first kappa shape index (κ1) is 17.2. The van der Waals surface area contributed by atoms with Gasteiger partial charge in [-0.15, -0.1) is 0 Å². The molecule has 3 rings (SSSR count). The van der Waals surface area contributed by atoms with Crippen molar-refractivity contribution in [1.29, 1.82) is 0 Å². The molecule has 3 N–H and O–H groups in total. The second kappa shape index (κ2) is 7.98. The molecule has 0 heterocycles. The first-order valence-corrected chi connectivity index (χ1v) is 8.10. The van der Waals surface area contributed by atoms with E-state index in [0.29, 0.717) is 5.75 Å². The standard InChI is InChI=1S/C21H18N2O3/c22-20(24)14-26-17-11-8-15(9-12-17)10-13-21(25)23-19-7-3-5-16-4-1-2-6-18(16)19/h1-13H,14H2,(H2,22,24)(H,23,25). The maximum Gasteiger partial charge on any atom is 0.255 e. The fraction of sp³-hybridized carbons (Fsp3) is 0.0476. The summed E-state index contributed by atoms with van der Waals surface area (Å²) < 4.78 is 5.19. The SMILES string of the molecule is NC(=O)COc1ccc(C=CC(=O)Nc2cccc3ccccc23)cc1. The molecule has 0 saturated carbocycles. The van der Waals surface area contributed by atoms with Gasteiger partial charge in [0.15, 0.2) is 6.61 Å². The molecule has 3 aromatic rings. The van der Waals surface area contributed by atoms with Crippen LogP contribution in [-0.2, 0) is 9.59 Å². The van der Waals surface area contributed by atoms with Gasteiger partial charge in [0.2, 0.25) is 5.91 Å². The number of ether oxygens (including phenoxy) is 1. The zero-order chi connectivity index (χ0) is 18.4. The van der Waals surface area contributed by atoms with Crippen LogP contribution < -0.4 is 15.8 Å². The van der Waals surface area contributed by atoms with E-state index in [1.165, 1.54) is 6.08 Å². The number of rotatable bonds is 6. The first-order valence-electron chi connectivity index (χ1n) is 8.10. The topological polar surface area (TPSA) is 81.4 Å². The summed E-state index contributed by atoms with van der Waals surface area (Å²) in [7, 11) is 0. The third kappa shape index (κ3) is 4.48. The fourth-order valence-electron chi connectivity index (χ4n) is 2.51. The Morgan fingerprint density at radius 3 is 2.46 bits per heavy atom. The Morgan fingerprint density at radius 2 is 1.69 bits per heavy atom. The molecule has 3 aromatic carbocycles. The number of nitrogens with two attached hydrogens (primary N) is 1. The molecular formula is C21H18N2O3. The van der Waals surface area contributed by atoms with Crippen molar-refractivity contribution >= 4 is 34.4 Å². The van der Waals surface area contributed by atoms with Gasteiger partial charge in [0, 0.05) is 17.1 Å². The van der Waals surface area contributed by atoms with E-state index in [4.69, 9.17) is 10.5 Å². The summed E-state index contributed by atoms with van der Waals surface area (Å²) in [5.41, 5.74) is 6.64. The van der Waals surface area contributed by atoms with Crippen LogP contribution in [0.15, 0.2) is 72.8 Å². The molecule has 5 nitrogen and oxygen atoms in total. The summed E-state index contributed by atoms with van der Waals surface area (Å²) >= 11 is 0. The lowest BCUT2D eigenvalue weighted by molar-refractivity contribution is -0.120. The molecule has 0 saturated heterocycles. The van der Waals surface area contributed by atoms with Gasteiger partial charge in [0.05, 0.1) is 0 Å². The number of primary amides is 1. The number of benzene rings is 3. The molecule has 130 valence electrons. The van der Waals surface area contributed by atoms with Gasteiger partial charge in [-0.1, -0.05) is 48.5 Å². The molecule has 0 bridgehead atoms. The van der Waals surface area contributed by atoms with E-state index in [-0.39, 0.29) is 12.5 Å². The number of hydrogen-bond donors (Lipinski definition) is 2. The molecule has 0 spiro atoms. The van der Waals surface area contributed by atoms with Gasteiger partial charge in [0.1, 0.15) is 5.75 Å². The van der Waals surface area contributed by atoms with Crippen molar-refractivity contribution in [3.8, 4) is 5.75 Å². The zero-order valence-electron chi connectivity index (χ0n) is 14.0. The van der Waals surface area contributed by atoms with Gasteiger partial charge in [0.25, 0.3) is 5.91 Å². The van der Waals surface area contributed by atoms with Gasteiger partial charge in [-0.3, -0.25) is 9.59 Å². The van der Waals surface area contributed by atoms with Crippen LogP contribution in [0.1, 0.15) is 5.56 Å². The number of carbonyl (C=O) groups excluding carboxylic acids is 2. The molecule has 26 heavy (non-hydrogen) atoms. The van der Waals surface area contributed by atoms with Crippen molar-refractivity contribution in [1.82, 2.24) is 0 Å². The minimum absolute atomic E-state index is 0.164. The Labute approximate surface area is 151 Å². The molecule has 0 aromatic heterocycles. The van der Waals surface area contributed by atoms with Gasteiger partial charge in [-0.2, -0.15) is 0 Å². The molecule has 0 unspecified atom stereocenters. The molecule has 0 radical (unpaired) electrons. The predicted molar refractivity (Wildman–Crippen MR) is 103 cm³/mol. The maximum atomic E-state index is 12.2. The number of anilines is 1. The van der Waals surface area contributed by atoms with Crippen LogP contribution >= 0.6 is 0 Å². The summed E-state index contributed by atoms with van der Waals surface area (Å²) in [5, 5.41) is 4.96. The normalized spacial score (nSPS) is 10.8. The highest BCUT2D eigenvalue weighted by molar-refractivity contribution is 6.07. The molecule has 0 fully saturated rings. The summed E-state index contributed by atoms with van der Waals surface area (Å²) in [6, 6.07) is 20.7. The summed E-state index contributed by atoms with van der Waals surface area (Å²) in [4.78, 5) is 22.9. The lowest BCUT2D eigenvalue weighted by atomic mass is 10.1. The second-order valence-corrected chi connectivity index (χ2v) is 5.67. The van der Waals surface area contributed by atoms with Crippen LogP contribution in [0, 0.1) is 0 Å². The number of hydrogen-bond acceptors (Lipinski definition) is 3. The molecule has 0 aliphatic heterocycles. The molecule has 2 amide bonds. The fourth-order valence-corrected chi connectivity index (χ4v) is 2.51. The zero-order valence-corrected chi connectivity index (χ0v) is 14.0. The Balaban J connectivity index is 1.65. The van der Waals surface area contributed by atoms with Gasteiger partial charge in [-0.05, 0) is 35.2 Å². The second-order valence-electron chi connectivity index (χ2n) is 5.67. The third-order valence-corrected chi connectivity index (χ3v) is 3.74. The van der Waals surface area contributed by atoms with Crippen molar-refractivity contribution in [3.63, 3.8) is 0 Å². The van der Waals surface area contributed by atoms with Crippen molar-refractivity contribution in [2.45, 2.75) is 0 Å². The Hall–Kier alpha value is -3.60. The van der Waals surface area contributed by atoms with E-state index in [1.807, 2.05) is 42.5 Å². The lowest BCUT2D eigenvalue weighted by Gasteiger charge is -2.06. The third-order valence-electron chi connectivity index (χ3n) is 3.74. The van der Waals surface area contributed by atoms with Gasteiger partial charge >= 0.3 is 0 Å². The van der Waals surface area contributed by atoms with E-state index in [1.54, 1.807) is 30.3 Å². The van der Waals surface area contributed by atoms with Crippen molar-refractivity contribution in [3.05, 3.63) is 78.4 Å². The number of nitrogens with one attached hydrogen (secondary N) is 1. The molecule has 0 atom stereocenters. The smallest absolute Gasteiger partial charge is 0.255 e. The van der Waals surface area contributed by atoms with E-state index in [9.17, 15) is 9.59 Å². The van der Waals surface area contributed by atoms with Gasteiger partial charge < -0.3 is 15.8 Å². The Bertz CT molecular complexity index is 957. The van der Waals surface area contributed by atoms with Crippen LogP contribution in [-0.4, -0.2) is 18.4 Å². The summed E-state index contributed by atoms with van der Waals surface area (Å²) in [5.74, 6) is -0.198. The highest BCUT2D eigenvalue weighted by Crippen LogP contribution is 2.23. The van der Waals surface area contributed by atoms with Crippen molar-refractivity contribution in [2.24, 2.45) is 5.73 Å². The summed E-state index contributed by atoms with van der Waals surface area (Å²) in [6.45, 7) is -0.164. The minimum atomic E-state index is -0.529. The monoisotopic (exact) mass is 346 g/mol. The average Bonchev–Trinajstić information content (AvgIpc) is 2.66. The molecular weight excluding hydrogens is 328 g/mol. The quantitative estimate of drug-likeness (QED) is 0.672. The van der Waals surface area contributed by atoms with Crippen molar-refractivity contribution < 1.29 is 14.3 Å². The number of amides is 2. The van der Waals surface area contributed by atoms with Gasteiger partial charge in [-0.25, -0.2) is 0 Å². The van der Waals surface area contributed by atoms with Crippen molar-refractivity contribution in [2.75, 3.05) is 11.9 Å². The van der Waals surface area contributed by atoms with Crippen LogP contribution in [0.4, 0.5) is 5.69 Å². The number of carbonyl (C=O) groups is 2. The largest absolute Gasteiger partial charge is 0.484 e. The lowest BCUT2D eigenvalue weighted by Crippen LogP contribution is -2.19. The first-order chi connectivity index (χ1) is 12.6. The average molecular weight is 346 g/mol.